The Morgan fingerprint density at radius 2 is 1.64 bits per heavy atom. The first-order valence-electron chi connectivity index (χ1n) is 14.8. The number of carboxylic acid groups (broad SMARTS) is 1. The third kappa shape index (κ3) is 8.36. The summed E-state index contributed by atoms with van der Waals surface area (Å²) in [6.07, 6.45) is 3.13. The number of benzene rings is 1. The Balaban J connectivity index is 1.05. The van der Waals surface area contributed by atoms with Gasteiger partial charge in [0.05, 0.1) is 0 Å². The van der Waals surface area contributed by atoms with Gasteiger partial charge in [0.15, 0.2) is 17.7 Å². The summed E-state index contributed by atoms with van der Waals surface area (Å²) in [5.41, 5.74) is 2.39. The van der Waals surface area contributed by atoms with Crippen molar-refractivity contribution in [3.8, 4) is 0 Å². The van der Waals surface area contributed by atoms with E-state index in [0.717, 1.165) is 4.90 Å². The van der Waals surface area contributed by atoms with Crippen molar-refractivity contribution in [1.29, 1.82) is 0 Å². The molecule has 3 aliphatic rings. The smallest absolute Gasteiger partial charge is 0.423 e. The fourth-order valence-electron chi connectivity index (χ4n) is 5.79. The predicted octanol–water partition coefficient (Wildman–Crippen LogP) is 1.67. The van der Waals surface area contributed by atoms with Crippen LogP contribution in [0.2, 0.25) is 0 Å². The van der Waals surface area contributed by atoms with E-state index in [0.29, 0.717) is 51.6 Å². The normalized spacial score (nSPS) is 19.0. The van der Waals surface area contributed by atoms with Crippen LogP contribution in [0.25, 0.3) is 0 Å². The van der Waals surface area contributed by atoms with Gasteiger partial charge in [0.1, 0.15) is 0 Å². The summed E-state index contributed by atoms with van der Waals surface area (Å²) in [6.45, 7) is 0.855. The Bertz CT molecular complexity index is 1510. The molecule has 1 atom stereocenters. The summed E-state index contributed by atoms with van der Waals surface area (Å²) in [6, 6.07) is 7.46. The number of hydrogen-bond acceptors (Lipinski definition) is 9. The molecule has 1 unspecified atom stereocenters. The number of urea groups is 1. The molecule has 2 aromatic rings. The summed E-state index contributed by atoms with van der Waals surface area (Å²) in [5.74, 6) is -0.503. The summed E-state index contributed by atoms with van der Waals surface area (Å²) in [4.78, 5) is 60.4. The Morgan fingerprint density at radius 1 is 0.956 bits per heavy atom. The number of anilines is 1. The van der Waals surface area contributed by atoms with Crippen LogP contribution in [0.4, 0.5) is 20.2 Å². The largest absolute Gasteiger partial charge is 0.465 e. The van der Waals surface area contributed by atoms with Crippen LogP contribution < -0.4 is 20.1 Å². The van der Waals surface area contributed by atoms with Gasteiger partial charge in [-0.15, -0.1) is 0 Å². The van der Waals surface area contributed by atoms with Crippen LogP contribution in [-0.2, 0) is 27.8 Å². The van der Waals surface area contributed by atoms with Crippen molar-refractivity contribution >= 4 is 40.2 Å². The van der Waals surface area contributed by atoms with Crippen LogP contribution in [-0.4, -0.2) is 95.9 Å². The third-order valence-electron chi connectivity index (χ3n) is 8.14. The standard InChI is InChI=1S/C28H36N8O8S/c37-25(32-21-15-19-5-1-2-6-20(19)16-21)23-24(30-11-10-29-23)33-26(38)35-13-8-18(9-14-35)17-31-45(42,43)34-27(39)44-22-7-3-4-12-36(22)28(40)41/h1-2,5-6,10-11,18,21-22,31H,3-4,7-9,12-17H2,(H,32,37)(H,34,39)(H,40,41)(H,30,33,38). The Labute approximate surface area is 260 Å². The number of carbonyl (C=O) groups excluding carboxylic acids is 3. The minimum absolute atomic E-state index is 0.0104. The summed E-state index contributed by atoms with van der Waals surface area (Å²) in [5, 5.41) is 14.9. The number of fused-ring (bicyclic) bond motifs is 1. The topological polar surface area (TPSA) is 212 Å². The van der Waals surface area contributed by atoms with E-state index >= 15 is 0 Å². The van der Waals surface area contributed by atoms with Crippen LogP contribution in [0.1, 0.15) is 53.7 Å². The van der Waals surface area contributed by atoms with E-state index in [1.165, 1.54) is 23.5 Å². The van der Waals surface area contributed by atoms with Crippen molar-refractivity contribution < 1.29 is 37.4 Å². The van der Waals surface area contributed by atoms with Gasteiger partial charge in [-0.2, -0.15) is 13.1 Å². The Kier molecular flexibility index (Phi) is 9.97. The molecule has 0 radical (unpaired) electrons. The lowest BCUT2D eigenvalue weighted by atomic mass is 9.97. The summed E-state index contributed by atoms with van der Waals surface area (Å²) in [7, 11) is -4.26. The van der Waals surface area contributed by atoms with E-state index in [2.05, 4.69) is 25.3 Å². The average Bonchev–Trinajstić information content (AvgIpc) is 3.42. The lowest BCUT2D eigenvalue weighted by Gasteiger charge is -2.32. The first-order valence-corrected chi connectivity index (χ1v) is 16.3. The van der Waals surface area contributed by atoms with Crippen LogP contribution in [0, 0.1) is 5.92 Å². The van der Waals surface area contributed by atoms with Crippen molar-refractivity contribution in [1.82, 2.24) is 34.5 Å². The highest BCUT2D eigenvalue weighted by molar-refractivity contribution is 7.88. The molecule has 5 N–H and O–H groups in total. The zero-order valence-corrected chi connectivity index (χ0v) is 25.3. The predicted molar refractivity (Wildman–Crippen MR) is 159 cm³/mol. The summed E-state index contributed by atoms with van der Waals surface area (Å²) >= 11 is 0. The van der Waals surface area contributed by atoms with Crippen LogP contribution in [0.5, 0.6) is 0 Å². The van der Waals surface area contributed by atoms with Crippen molar-refractivity contribution in [2.45, 2.75) is 57.2 Å². The van der Waals surface area contributed by atoms with Gasteiger partial charge >= 0.3 is 28.4 Å². The number of nitrogens with one attached hydrogen (secondary N) is 4. The fourth-order valence-corrected chi connectivity index (χ4v) is 6.59. The SMILES string of the molecule is O=C(NS(=O)(=O)NCC1CCN(C(=O)Nc2nccnc2C(=O)NC2Cc3ccccc3C2)CC1)OC1CCCCN1C(=O)O. The zero-order valence-electron chi connectivity index (χ0n) is 24.5. The monoisotopic (exact) mass is 644 g/mol. The Morgan fingerprint density at radius 3 is 2.33 bits per heavy atom. The number of piperidine rings is 2. The highest BCUT2D eigenvalue weighted by atomic mass is 32.2. The first-order chi connectivity index (χ1) is 21.6. The molecule has 2 aliphatic heterocycles. The van der Waals surface area contributed by atoms with E-state index in [1.54, 1.807) is 9.62 Å². The number of hydrogen-bond donors (Lipinski definition) is 5. The molecule has 1 aliphatic carbocycles. The Hall–Kier alpha value is -4.51. The molecule has 0 saturated carbocycles. The molecular formula is C28H36N8O8S. The van der Waals surface area contributed by atoms with Gasteiger partial charge in [-0.1, -0.05) is 24.3 Å². The molecule has 1 aromatic carbocycles. The van der Waals surface area contributed by atoms with E-state index in [4.69, 9.17) is 4.74 Å². The second kappa shape index (κ2) is 14.1. The quantitative estimate of drug-likeness (QED) is 0.280. The summed E-state index contributed by atoms with van der Waals surface area (Å²) < 4.78 is 33.9. The zero-order chi connectivity index (χ0) is 32.0. The number of amides is 5. The van der Waals surface area contributed by atoms with Crippen LogP contribution in [0.3, 0.4) is 0 Å². The van der Waals surface area contributed by atoms with E-state index in [1.807, 2.05) is 24.3 Å². The molecule has 0 spiro atoms. The van der Waals surface area contributed by atoms with Crippen LogP contribution in [0.15, 0.2) is 36.7 Å². The molecule has 45 heavy (non-hydrogen) atoms. The molecule has 3 heterocycles. The molecule has 0 bridgehead atoms. The van der Waals surface area contributed by atoms with Crippen molar-refractivity contribution in [2.75, 3.05) is 31.5 Å². The number of aromatic nitrogens is 2. The fraction of sp³-hybridized carbons (Fsp3) is 0.500. The molecule has 5 rings (SSSR count). The third-order valence-corrected chi connectivity index (χ3v) is 9.12. The maximum Gasteiger partial charge on any atom is 0.423 e. The van der Waals surface area contributed by atoms with Crippen molar-refractivity contribution in [3.05, 3.63) is 53.5 Å². The minimum atomic E-state index is -4.26. The minimum Gasteiger partial charge on any atom is -0.465 e. The van der Waals surface area contributed by atoms with E-state index in [9.17, 15) is 32.7 Å². The van der Waals surface area contributed by atoms with Gasteiger partial charge in [-0.25, -0.2) is 29.1 Å². The lowest BCUT2D eigenvalue weighted by Crippen LogP contribution is -2.49. The van der Waals surface area contributed by atoms with Gasteiger partial charge in [0.25, 0.3) is 5.91 Å². The second-order valence-corrected chi connectivity index (χ2v) is 12.7. The van der Waals surface area contributed by atoms with Crippen molar-refractivity contribution in [3.63, 3.8) is 0 Å². The maximum absolute atomic E-state index is 13.0. The second-order valence-electron chi connectivity index (χ2n) is 11.2. The maximum atomic E-state index is 13.0. The highest BCUT2D eigenvalue weighted by Gasteiger charge is 2.31. The van der Waals surface area contributed by atoms with Gasteiger partial charge in [0.2, 0.25) is 0 Å². The molecule has 2 saturated heterocycles. The molecule has 16 nitrogen and oxygen atoms in total. The molecule has 2 fully saturated rings. The molecule has 1 aromatic heterocycles. The van der Waals surface area contributed by atoms with E-state index in [-0.39, 0.29) is 43.0 Å². The number of rotatable bonds is 8. The molecule has 242 valence electrons. The first kappa shape index (κ1) is 31.9. The van der Waals surface area contributed by atoms with E-state index < -0.39 is 40.6 Å². The number of carbonyl (C=O) groups is 4. The number of likely N-dealkylation sites (tertiary alicyclic amines) is 2. The number of nitrogens with zero attached hydrogens (tertiary/aromatic N) is 4. The van der Waals surface area contributed by atoms with Gasteiger partial charge in [-0.05, 0) is 55.6 Å². The van der Waals surface area contributed by atoms with Gasteiger partial charge in [0, 0.05) is 51.0 Å². The average molecular weight is 645 g/mol. The van der Waals surface area contributed by atoms with Gasteiger partial charge in [-0.3, -0.25) is 15.0 Å². The van der Waals surface area contributed by atoms with Crippen LogP contribution >= 0.6 is 0 Å². The van der Waals surface area contributed by atoms with Gasteiger partial charge < -0.3 is 20.1 Å². The van der Waals surface area contributed by atoms with Crippen molar-refractivity contribution in [2.24, 2.45) is 5.92 Å². The highest BCUT2D eigenvalue weighted by Crippen LogP contribution is 2.23. The molecule has 17 heteroatoms. The molecular weight excluding hydrogens is 608 g/mol. The molecule has 5 amide bonds. The number of ether oxygens (including phenoxy) is 1. The lowest BCUT2D eigenvalue weighted by molar-refractivity contribution is -0.0226.